The van der Waals surface area contributed by atoms with E-state index in [1.54, 1.807) is 49.4 Å². The maximum absolute atomic E-state index is 12.4. The van der Waals surface area contributed by atoms with E-state index in [9.17, 15) is 19.5 Å². The highest BCUT2D eigenvalue weighted by molar-refractivity contribution is 5.99. The number of hydrogen-bond acceptors (Lipinski definition) is 5. The Morgan fingerprint density at radius 3 is 2.76 bits per heavy atom. The van der Waals surface area contributed by atoms with Gasteiger partial charge in [0, 0.05) is 6.42 Å². The molecule has 2 aromatic rings. The Morgan fingerprint density at radius 2 is 2.00 bits per heavy atom. The summed E-state index contributed by atoms with van der Waals surface area (Å²) in [5.41, 5.74) is 1.66. The first-order valence-corrected chi connectivity index (χ1v) is 9.27. The zero-order chi connectivity index (χ0) is 20.8. The molecule has 0 radical (unpaired) electrons. The van der Waals surface area contributed by atoms with E-state index in [-0.39, 0.29) is 6.54 Å². The molecule has 1 unspecified atom stereocenters. The van der Waals surface area contributed by atoms with E-state index < -0.39 is 23.8 Å². The van der Waals surface area contributed by atoms with Crippen LogP contribution >= 0.6 is 0 Å². The summed E-state index contributed by atoms with van der Waals surface area (Å²) in [5, 5.41) is 14.5. The molecule has 29 heavy (non-hydrogen) atoms. The van der Waals surface area contributed by atoms with Crippen LogP contribution in [0.25, 0.3) is 0 Å². The summed E-state index contributed by atoms with van der Waals surface area (Å²) in [6.07, 6.45) is 0.693. The number of aliphatic carboxylic acids is 1. The molecule has 0 spiro atoms. The van der Waals surface area contributed by atoms with Crippen molar-refractivity contribution in [3.63, 3.8) is 0 Å². The average Bonchev–Trinajstić information content (AvgIpc) is 3.18. The zero-order valence-corrected chi connectivity index (χ0v) is 15.9. The third-order valence-corrected chi connectivity index (χ3v) is 4.44. The molecule has 0 fully saturated rings. The number of ether oxygens (including phenoxy) is 2. The van der Waals surface area contributed by atoms with Crippen LogP contribution in [0.15, 0.2) is 42.5 Å². The molecule has 8 heteroatoms. The van der Waals surface area contributed by atoms with Gasteiger partial charge < -0.3 is 25.2 Å². The van der Waals surface area contributed by atoms with Gasteiger partial charge in [-0.25, -0.2) is 4.79 Å². The second-order valence-electron chi connectivity index (χ2n) is 6.42. The second-order valence-corrected chi connectivity index (χ2v) is 6.42. The molecule has 3 rings (SSSR count). The molecule has 2 amide bonds. The van der Waals surface area contributed by atoms with E-state index in [0.29, 0.717) is 36.5 Å². The van der Waals surface area contributed by atoms with Crippen molar-refractivity contribution in [2.24, 2.45) is 0 Å². The van der Waals surface area contributed by atoms with Gasteiger partial charge in [-0.15, -0.1) is 0 Å². The van der Waals surface area contributed by atoms with Crippen molar-refractivity contribution in [3.8, 4) is 11.5 Å². The van der Waals surface area contributed by atoms with Crippen LogP contribution < -0.4 is 20.1 Å². The van der Waals surface area contributed by atoms with E-state index in [2.05, 4.69) is 10.6 Å². The minimum atomic E-state index is -1.22. The van der Waals surface area contributed by atoms with Crippen LogP contribution in [-0.2, 0) is 16.0 Å². The van der Waals surface area contributed by atoms with E-state index in [1.165, 1.54) is 0 Å². The highest BCUT2D eigenvalue weighted by Gasteiger charge is 2.24. The van der Waals surface area contributed by atoms with Crippen molar-refractivity contribution in [2.45, 2.75) is 19.4 Å². The van der Waals surface area contributed by atoms with Crippen molar-refractivity contribution in [1.29, 1.82) is 0 Å². The molecular formula is C21H22N2O6. The van der Waals surface area contributed by atoms with Crippen LogP contribution in [0, 0.1) is 0 Å². The number of para-hydroxylation sites is 1. The minimum Gasteiger partial charge on any atom is -0.493 e. The monoisotopic (exact) mass is 398 g/mol. The molecule has 2 aromatic carbocycles. The molecule has 152 valence electrons. The maximum Gasteiger partial charge on any atom is 0.330 e. The van der Waals surface area contributed by atoms with Crippen LogP contribution in [-0.4, -0.2) is 42.6 Å². The van der Waals surface area contributed by atoms with Gasteiger partial charge in [0.15, 0.2) is 6.04 Å². The van der Waals surface area contributed by atoms with E-state index in [0.717, 1.165) is 11.3 Å². The lowest BCUT2D eigenvalue weighted by atomic mass is 10.0. The number of nitrogens with one attached hydrogen (secondary N) is 2. The standard InChI is InChI=1S/C21H22N2O6/c1-2-28-17-6-4-3-5-15(17)20(25)22-12-18(24)23-19(21(26)27)14-7-8-16-13(11-14)9-10-29-16/h3-8,11,19H,2,9-10,12H2,1H3,(H,22,25)(H,23,24)(H,26,27). The Bertz CT molecular complexity index is 927. The summed E-state index contributed by atoms with van der Waals surface area (Å²) >= 11 is 0. The first-order chi connectivity index (χ1) is 14.0. The van der Waals surface area contributed by atoms with Gasteiger partial charge in [0.1, 0.15) is 11.5 Å². The Labute approximate surface area is 167 Å². The smallest absolute Gasteiger partial charge is 0.330 e. The van der Waals surface area contributed by atoms with Gasteiger partial charge in [-0.2, -0.15) is 0 Å². The van der Waals surface area contributed by atoms with Gasteiger partial charge in [-0.3, -0.25) is 9.59 Å². The van der Waals surface area contributed by atoms with Crippen molar-refractivity contribution in [3.05, 3.63) is 59.2 Å². The summed E-state index contributed by atoms with van der Waals surface area (Å²) in [6.45, 7) is 2.39. The SMILES string of the molecule is CCOc1ccccc1C(=O)NCC(=O)NC(C(=O)O)c1ccc2c(c1)CCO2. The fourth-order valence-corrected chi connectivity index (χ4v) is 3.08. The lowest BCUT2D eigenvalue weighted by molar-refractivity contribution is -0.141. The molecule has 0 saturated heterocycles. The average molecular weight is 398 g/mol. The van der Waals surface area contributed by atoms with Crippen molar-refractivity contribution < 1.29 is 29.0 Å². The van der Waals surface area contributed by atoms with Gasteiger partial charge in [-0.05, 0) is 42.3 Å². The molecule has 1 aliphatic rings. The summed E-state index contributed by atoms with van der Waals surface area (Å²) in [6, 6.07) is 10.5. The highest BCUT2D eigenvalue weighted by Crippen LogP contribution is 2.28. The molecule has 3 N–H and O–H groups in total. The molecule has 0 bridgehead atoms. The number of benzene rings is 2. The number of carbonyl (C=O) groups is 3. The largest absolute Gasteiger partial charge is 0.493 e. The Hall–Kier alpha value is -3.55. The van der Waals surface area contributed by atoms with Gasteiger partial charge in [-0.1, -0.05) is 18.2 Å². The number of rotatable bonds is 8. The van der Waals surface area contributed by atoms with Crippen LogP contribution in [0.4, 0.5) is 0 Å². The number of carboxylic acids is 1. The summed E-state index contributed by atoms with van der Waals surface area (Å²) in [5.74, 6) is -1.14. The summed E-state index contributed by atoms with van der Waals surface area (Å²) in [4.78, 5) is 36.3. The first kappa shape index (κ1) is 20.2. The summed E-state index contributed by atoms with van der Waals surface area (Å²) < 4.78 is 10.8. The number of amides is 2. The molecule has 1 heterocycles. The number of carbonyl (C=O) groups excluding carboxylic acids is 2. The predicted molar refractivity (Wildman–Crippen MR) is 104 cm³/mol. The Balaban J connectivity index is 1.63. The molecule has 8 nitrogen and oxygen atoms in total. The first-order valence-electron chi connectivity index (χ1n) is 9.27. The molecular weight excluding hydrogens is 376 g/mol. The highest BCUT2D eigenvalue weighted by atomic mass is 16.5. The third kappa shape index (κ3) is 4.84. The fraction of sp³-hybridized carbons (Fsp3) is 0.286. The van der Waals surface area contributed by atoms with E-state index >= 15 is 0 Å². The number of hydrogen-bond donors (Lipinski definition) is 3. The van der Waals surface area contributed by atoms with Crippen LogP contribution in [0.2, 0.25) is 0 Å². The Morgan fingerprint density at radius 1 is 1.21 bits per heavy atom. The van der Waals surface area contributed by atoms with Crippen molar-refractivity contribution in [2.75, 3.05) is 19.8 Å². The maximum atomic E-state index is 12.4. The lowest BCUT2D eigenvalue weighted by Crippen LogP contribution is -2.41. The van der Waals surface area contributed by atoms with Gasteiger partial charge in [0.05, 0.1) is 25.3 Å². The van der Waals surface area contributed by atoms with E-state index in [4.69, 9.17) is 9.47 Å². The zero-order valence-electron chi connectivity index (χ0n) is 15.9. The van der Waals surface area contributed by atoms with Crippen LogP contribution in [0.5, 0.6) is 11.5 Å². The van der Waals surface area contributed by atoms with Crippen molar-refractivity contribution in [1.82, 2.24) is 10.6 Å². The Kier molecular flexibility index (Phi) is 6.33. The second kappa shape index (κ2) is 9.09. The minimum absolute atomic E-state index is 0.301. The van der Waals surface area contributed by atoms with Gasteiger partial charge in [0.25, 0.3) is 5.91 Å². The number of carboxylic acid groups (broad SMARTS) is 1. The normalized spacial score (nSPS) is 13.0. The molecule has 0 aliphatic carbocycles. The third-order valence-electron chi connectivity index (χ3n) is 4.44. The fourth-order valence-electron chi connectivity index (χ4n) is 3.08. The molecule has 1 atom stereocenters. The molecule has 0 saturated carbocycles. The lowest BCUT2D eigenvalue weighted by Gasteiger charge is -2.16. The van der Waals surface area contributed by atoms with Crippen molar-refractivity contribution >= 4 is 17.8 Å². The van der Waals surface area contributed by atoms with Gasteiger partial charge in [0.2, 0.25) is 5.91 Å². The summed E-state index contributed by atoms with van der Waals surface area (Å²) in [7, 11) is 0. The predicted octanol–water partition coefficient (Wildman–Crippen LogP) is 1.69. The van der Waals surface area contributed by atoms with Crippen LogP contribution in [0.1, 0.15) is 34.5 Å². The quantitative estimate of drug-likeness (QED) is 0.624. The van der Waals surface area contributed by atoms with Gasteiger partial charge >= 0.3 is 5.97 Å². The van der Waals surface area contributed by atoms with E-state index in [1.807, 2.05) is 0 Å². The molecule has 0 aromatic heterocycles. The molecule has 1 aliphatic heterocycles. The number of fused-ring (bicyclic) bond motifs is 1. The van der Waals surface area contributed by atoms with Crippen LogP contribution in [0.3, 0.4) is 0 Å². The topological polar surface area (TPSA) is 114 Å².